The minimum absolute atomic E-state index is 0.244. The van der Waals surface area contributed by atoms with E-state index in [1.165, 1.54) is 4.48 Å². The zero-order chi connectivity index (χ0) is 10.1. The van der Waals surface area contributed by atoms with Crippen LogP contribution >= 0.6 is 15.9 Å². The summed E-state index contributed by atoms with van der Waals surface area (Å²) in [4.78, 5) is 13.8. The molecule has 0 aromatic carbocycles. The fourth-order valence-electron chi connectivity index (χ4n) is 2.13. The second-order valence-corrected chi connectivity index (χ2v) is 4.91. The predicted molar refractivity (Wildman–Crippen MR) is 60.1 cm³/mol. The molecule has 0 aromatic heterocycles. The topological polar surface area (TPSA) is 20.3 Å². The summed E-state index contributed by atoms with van der Waals surface area (Å²) in [6.45, 7) is 3.91. The predicted octanol–water partition coefficient (Wildman–Crippen LogP) is 2.46. The second kappa shape index (κ2) is 3.89. The SMILES string of the molecule is CCCN1CC2CC(Br)=CC=C2C1=O. The molecule has 1 aliphatic heterocycles. The van der Waals surface area contributed by atoms with Gasteiger partial charge in [0.25, 0.3) is 0 Å². The van der Waals surface area contributed by atoms with Crippen LogP contribution in [0.1, 0.15) is 19.8 Å². The summed E-state index contributed by atoms with van der Waals surface area (Å²) >= 11 is 3.49. The first-order chi connectivity index (χ1) is 6.72. The van der Waals surface area contributed by atoms with Crippen molar-refractivity contribution in [2.24, 2.45) is 5.92 Å². The number of hydrogen-bond acceptors (Lipinski definition) is 1. The molecule has 2 aliphatic rings. The highest BCUT2D eigenvalue weighted by Gasteiger charge is 2.35. The van der Waals surface area contributed by atoms with Gasteiger partial charge in [0.05, 0.1) is 0 Å². The number of carbonyl (C=O) groups excluding carboxylic acids is 1. The van der Waals surface area contributed by atoms with Gasteiger partial charge in [0.2, 0.25) is 5.91 Å². The number of carbonyl (C=O) groups is 1. The fourth-order valence-corrected chi connectivity index (χ4v) is 2.66. The van der Waals surface area contributed by atoms with Crippen LogP contribution in [0, 0.1) is 5.92 Å². The van der Waals surface area contributed by atoms with Crippen LogP contribution in [0.5, 0.6) is 0 Å². The normalized spacial score (nSPS) is 26.0. The Morgan fingerprint density at radius 3 is 3.07 bits per heavy atom. The lowest BCUT2D eigenvalue weighted by molar-refractivity contribution is -0.124. The van der Waals surface area contributed by atoms with Crippen molar-refractivity contribution < 1.29 is 4.79 Å². The summed E-state index contributed by atoms with van der Waals surface area (Å²) in [5.41, 5.74) is 1.00. The molecule has 1 aliphatic carbocycles. The van der Waals surface area contributed by atoms with Gasteiger partial charge >= 0.3 is 0 Å². The molecule has 1 amide bonds. The monoisotopic (exact) mass is 255 g/mol. The Hall–Kier alpha value is -0.570. The molecule has 14 heavy (non-hydrogen) atoms. The van der Waals surface area contributed by atoms with Crippen molar-refractivity contribution in [3.05, 3.63) is 22.2 Å². The number of rotatable bonds is 2. The van der Waals surface area contributed by atoms with Crippen LogP contribution in [-0.2, 0) is 4.79 Å². The van der Waals surface area contributed by atoms with Gasteiger partial charge in [-0.25, -0.2) is 0 Å². The lowest BCUT2D eigenvalue weighted by atomic mass is 9.94. The van der Waals surface area contributed by atoms with E-state index in [1.54, 1.807) is 0 Å². The van der Waals surface area contributed by atoms with Gasteiger partial charge in [-0.15, -0.1) is 0 Å². The van der Waals surface area contributed by atoms with Gasteiger partial charge in [0.15, 0.2) is 0 Å². The van der Waals surface area contributed by atoms with E-state index in [9.17, 15) is 4.79 Å². The Kier molecular flexibility index (Phi) is 2.77. The first kappa shape index (κ1) is 9.97. The van der Waals surface area contributed by atoms with Crippen LogP contribution in [0.3, 0.4) is 0 Å². The minimum atomic E-state index is 0.244. The number of nitrogens with zero attached hydrogens (tertiary/aromatic N) is 1. The van der Waals surface area contributed by atoms with Crippen LogP contribution in [0.2, 0.25) is 0 Å². The molecule has 1 unspecified atom stereocenters. The number of amides is 1. The Balaban J connectivity index is 2.16. The average Bonchev–Trinajstić information content (AvgIpc) is 2.44. The van der Waals surface area contributed by atoms with Gasteiger partial charge in [-0.3, -0.25) is 4.79 Å². The third kappa shape index (κ3) is 1.65. The minimum Gasteiger partial charge on any atom is -0.338 e. The number of fused-ring (bicyclic) bond motifs is 1. The molecule has 0 spiro atoms. The second-order valence-electron chi connectivity index (χ2n) is 3.89. The summed E-state index contributed by atoms with van der Waals surface area (Å²) in [5, 5.41) is 0. The highest BCUT2D eigenvalue weighted by Crippen LogP contribution is 2.34. The summed E-state index contributed by atoms with van der Waals surface area (Å²) in [6.07, 6.45) is 5.99. The maximum absolute atomic E-state index is 11.8. The maximum Gasteiger partial charge on any atom is 0.250 e. The molecular weight excluding hydrogens is 242 g/mol. The van der Waals surface area contributed by atoms with Crippen LogP contribution < -0.4 is 0 Å². The molecule has 2 rings (SSSR count). The summed E-state index contributed by atoms with van der Waals surface area (Å²) in [7, 11) is 0. The van der Waals surface area contributed by atoms with Gasteiger partial charge in [-0.05, 0) is 17.3 Å². The molecule has 1 heterocycles. The van der Waals surface area contributed by atoms with Crippen molar-refractivity contribution in [3.8, 4) is 0 Å². The van der Waals surface area contributed by atoms with Crippen LogP contribution in [0.25, 0.3) is 0 Å². The van der Waals surface area contributed by atoms with Gasteiger partial charge in [-0.2, -0.15) is 0 Å². The number of allylic oxidation sites excluding steroid dienone is 3. The lowest BCUT2D eigenvalue weighted by Crippen LogP contribution is -2.26. The summed E-state index contributed by atoms with van der Waals surface area (Å²) in [5.74, 6) is 0.668. The standard InChI is InChI=1S/C11H14BrNO/c1-2-5-13-7-8-6-9(12)3-4-10(8)11(13)14/h3-4,8H,2,5-7H2,1H3. The molecule has 3 heteroatoms. The van der Waals surface area contributed by atoms with Crippen molar-refractivity contribution in [3.63, 3.8) is 0 Å². The molecule has 76 valence electrons. The Labute approximate surface area is 92.8 Å². The lowest BCUT2D eigenvalue weighted by Gasteiger charge is -2.14. The zero-order valence-electron chi connectivity index (χ0n) is 8.29. The van der Waals surface area contributed by atoms with Crippen molar-refractivity contribution in [2.45, 2.75) is 19.8 Å². The van der Waals surface area contributed by atoms with E-state index in [0.717, 1.165) is 31.5 Å². The smallest absolute Gasteiger partial charge is 0.250 e. The van der Waals surface area contributed by atoms with E-state index in [0.29, 0.717) is 5.92 Å². The largest absolute Gasteiger partial charge is 0.338 e. The molecule has 0 radical (unpaired) electrons. The van der Waals surface area contributed by atoms with E-state index >= 15 is 0 Å². The first-order valence-corrected chi connectivity index (χ1v) is 5.87. The zero-order valence-corrected chi connectivity index (χ0v) is 9.88. The number of hydrogen-bond donors (Lipinski definition) is 0. The Bertz CT molecular complexity index is 319. The number of halogens is 1. The summed E-state index contributed by atoms with van der Waals surface area (Å²) in [6, 6.07) is 0. The molecule has 1 atom stereocenters. The van der Waals surface area contributed by atoms with Crippen molar-refractivity contribution in [1.82, 2.24) is 4.90 Å². The third-order valence-corrected chi connectivity index (χ3v) is 3.38. The van der Waals surface area contributed by atoms with E-state index in [1.807, 2.05) is 17.1 Å². The molecule has 0 N–H and O–H groups in total. The molecular formula is C11H14BrNO. The van der Waals surface area contributed by atoms with Crippen molar-refractivity contribution >= 4 is 21.8 Å². The van der Waals surface area contributed by atoms with E-state index < -0.39 is 0 Å². The van der Waals surface area contributed by atoms with Gasteiger partial charge in [-0.1, -0.05) is 35.0 Å². The van der Waals surface area contributed by atoms with Crippen molar-refractivity contribution in [1.29, 1.82) is 0 Å². The Morgan fingerprint density at radius 1 is 1.57 bits per heavy atom. The molecule has 0 saturated carbocycles. The van der Waals surface area contributed by atoms with Crippen LogP contribution in [0.4, 0.5) is 0 Å². The summed E-state index contributed by atoms with van der Waals surface area (Å²) < 4.78 is 1.21. The highest BCUT2D eigenvalue weighted by atomic mass is 79.9. The van der Waals surface area contributed by atoms with E-state index in [2.05, 4.69) is 22.9 Å². The van der Waals surface area contributed by atoms with Crippen LogP contribution in [0.15, 0.2) is 22.2 Å². The fraction of sp³-hybridized carbons (Fsp3) is 0.545. The maximum atomic E-state index is 11.8. The van der Waals surface area contributed by atoms with Crippen molar-refractivity contribution in [2.75, 3.05) is 13.1 Å². The van der Waals surface area contributed by atoms with Gasteiger partial charge in [0, 0.05) is 24.6 Å². The van der Waals surface area contributed by atoms with Crippen LogP contribution in [-0.4, -0.2) is 23.9 Å². The molecule has 1 saturated heterocycles. The first-order valence-electron chi connectivity index (χ1n) is 5.08. The third-order valence-electron chi connectivity index (χ3n) is 2.79. The quantitative estimate of drug-likeness (QED) is 0.743. The molecule has 1 fully saturated rings. The molecule has 0 aromatic rings. The Morgan fingerprint density at radius 2 is 2.36 bits per heavy atom. The average molecular weight is 256 g/mol. The molecule has 2 nitrogen and oxygen atoms in total. The van der Waals surface area contributed by atoms with E-state index in [-0.39, 0.29) is 5.91 Å². The van der Waals surface area contributed by atoms with E-state index in [4.69, 9.17) is 0 Å². The highest BCUT2D eigenvalue weighted by molar-refractivity contribution is 9.11. The van der Waals surface area contributed by atoms with Gasteiger partial charge < -0.3 is 4.90 Å². The van der Waals surface area contributed by atoms with Gasteiger partial charge in [0.1, 0.15) is 0 Å². The number of likely N-dealkylation sites (tertiary alicyclic amines) is 1. The molecule has 0 bridgehead atoms.